The number of anilines is 1. The highest BCUT2D eigenvalue weighted by molar-refractivity contribution is 7.92. The summed E-state index contributed by atoms with van der Waals surface area (Å²) in [4.78, 5) is 12.1. The minimum Gasteiger partial charge on any atom is -0.490 e. The number of aryl methyl sites for hydroxylation is 1. The van der Waals surface area contributed by atoms with E-state index >= 15 is 0 Å². The molecule has 26 heavy (non-hydrogen) atoms. The van der Waals surface area contributed by atoms with Crippen LogP contribution in [-0.4, -0.2) is 40.3 Å². The van der Waals surface area contributed by atoms with Crippen LogP contribution in [0.3, 0.4) is 0 Å². The molecule has 0 aliphatic carbocycles. The highest BCUT2D eigenvalue weighted by atomic mass is 35.5. The summed E-state index contributed by atoms with van der Waals surface area (Å²) in [6.07, 6.45) is 1.07. The lowest BCUT2D eigenvalue weighted by atomic mass is 10.2. The van der Waals surface area contributed by atoms with Gasteiger partial charge in [0.25, 0.3) is 0 Å². The fraction of sp³-hybridized carbons (Fsp3) is 0.278. The Balaban J connectivity index is 1.91. The average molecular weight is 397 g/mol. The summed E-state index contributed by atoms with van der Waals surface area (Å²) in [5.74, 6) is 0.112. The maximum absolute atomic E-state index is 12.1. The third-order valence-electron chi connectivity index (χ3n) is 3.50. The van der Waals surface area contributed by atoms with Gasteiger partial charge in [-0.3, -0.25) is 9.10 Å². The summed E-state index contributed by atoms with van der Waals surface area (Å²) < 4.78 is 30.6. The Hall–Kier alpha value is -2.25. The van der Waals surface area contributed by atoms with Crippen molar-refractivity contribution in [2.75, 3.05) is 30.3 Å². The standard InChI is InChI=1S/C18H21ClN2O4S/c1-14-6-5-7-15(12-14)21(26(2,23)24)13-18(22)20-10-11-25-17-9-4-3-8-16(17)19/h3-9,12H,10-11,13H2,1-2H3,(H,20,22). The lowest BCUT2D eigenvalue weighted by Gasteiger charge is -2.22. The minimum atomic E-state index is -3.59. The summed E-state index contributed by atoms with van der Waals surface area (Å²) in [6, 6.07) is 14.0. The predicted molar refractivity (Wildman–Crippen MR) is 103 cm³/mol. The lowest BCUT2D eigenvalue weighted by Crippen LogP contribution is -2.41. The van der Waals surface area contributed by atoms with E-state index in [0.717, 1.165) is 16.1 Å². The van der Waals surface area contributed by atoms with Crippen LogP contribution in [0.2, 0.25) is 5.02 Å². The minimum absolute atomic E-state index is 0.221. The van der Waals surface area contributed by atoms with Gasteiger partial charge in [0, 0.05) is 0 Å². The van der Waals surface area contributed by atoms with Crippen LogP contribution in [0, 0.1) is 6.92 Å². The summed E-state index contributed by atoms with van der Waals surface area (Å²) in [5.41, 5.74) is 1.36. The lowest BCUT2D eigenvalue weighted by molar-refractivity contribution is -0.119. The number of carbonyl (C=O) groups excluding carboxylic acids is 1. The third-order valence-corrected chi connectivity index (χ3v) is 4.95. The van der Waals surface area contributed by atoms with Gasteiger partial charge in [-0.1, -0.05) is 35.9 Å². The molecule has 0 aliphatic rings. The van der Waals surface area contributed by atoms with E-state index in [1.54, 1.807) is 42.5 Å². The number of carbonyl (C=O) groups is 1. The highest BCUT2D eigenvalue weighted by Gasteiger charge is 2.20. The second kappa shape index (κ2) is 8.91. The van der Waals surface area contributed by atoms with E-state index in [4.69, 9.17) is 16.3 Å². The SMILES string of the molecule is Cc1cccc(N(CC(=O)NCCOc2ccccc2Cl)S(C)(=O)=O)c1. The van der Waals surface area contributed by atoms with E-state index < -0.39 is 15.9 Å². The Morgan fingerprint density at radius 3 is 2.58 bits per heavy atom. The van der Waals surface area contributed by atoms with E-state index in [1.807, 2.05) is 13.0 Å². The number of sulfonamides is 1. The van der Waals surface area contributed by atoms with Crippen molar-refractivity contribution in [2.24, 2.45) is 0 Å². The maximum Gasteiger partial charge on any atom is 0.240 e. The number of benzene rings is 2. The molecule has 0 saturated carbocycles. The van der Waals surface area contributed by atoms with E-state index in [9.17, 15) is 13.2 Å². The third kappa shape index (κ3) is 5.93. The van der Waals surface area contributed by atoms with Crippen LogP contribution in [0.15, 0.2) is 48.5 Å². The van der Waals surface area contributed by atoms with Gasteiger partial charge in [0.15, 0.2) is 0 Å². The predicted octanol–water partition coefficient (Wildman–Crippen LogP) is 2.61. The normalized spacial score (nSPS) is 11.0. The average Bonchev–Trinajstić information content (AvgIpc) is 2.57. The Morgan fingerprint density at radius 2 is 1.92 bits per heavy atom. The van der Waals surface area contributed by atoms with Crippen LogP contribution in [0.1, 0.15) is 5.56 Å². The zero-order valence-electron chi connectivity index (χ0n) is 14.6. The first-order valence-electron chi connectivity index (χ1n) is 7.96. The second-order valence-electron chi connectivity index (χ2n) is 5.74. The van der Waals surface area contributed by atoms with Crippen LogP contribution in [0.25, 0.3) is 0 Å². The zero-order valence-corrected chi connectivity index (χ0v) is 16.2. The molecule has 140 valence electrons. The van der Waals surface area contributed by atoms with Crippen LogP contribution in [0.4, 0.5) is 5.69 Å². The molecule has 2 rings (SSSR count). The summed E-state index contributed by atoms with van der Waals surface area (Å²) in [5, 5.41) is 3.13. The number of para-hydroxylation sites is 1. The number of rotatable bonds is 8. The van der Waals surface area contributed by atoms with Crippen molar-refractivity contribution in [1.82, 2.24) is 5.32 Å². The molecule has 0 spiro atoms. The number of hydrogen-bond donors (Lipinski definition) is 1. The molecule has 0 aliphatic heterocycles. The molecule has 1 amide bonds. The Labute approximate surface area is 158 Å². The van der Waals surface area contributed by atoms with Gasteiger partial charge in [-0.15, -0.1) is 0 Å². The van der Waals surface area contributed by atoms with Gasteiger partial charge in [-0.25, -0.2) is 8.42 Å². The van der Waals surface area contributed by atoms with E-state index in [2.05, 4.69) is 5.32 Å². The topological polar surface area (TPSA) is 75.7 Å². The van der Waals surface area contributed by atoms with Crippen LogP contribution < -0.4 is 14.4 Å². The van der Waals surface area contributed by atoms with Crippen molar-refractivity contribution < 1.29 is 17.9 Å². The number of nitrogens with one attached hydrogen (secondary N) is 1. The van der Waals surface area contributed by atoms with Gasteiger partial charge in [-0.2, -0.15) is 0 Å². The van der Waals surface area contributed by atoms with Crippen molar-refractivity contribution in [3.8, 4) is 5.75 Å². The molecular weight excluding hydrogens is 376 g/mol. The first-order chi connectivity index (χ1) is 12.3. The molecule has 0 heterocycles. The van der Waals surface area contributed by atoms with Gasteiger partial charge >= 0.3 is 0 Å². The molecule has 1 N–H and O–H groups in total. The van der Waals surface area contributed by atoms with Crippen molar-refractivity contribution >= 4 is 33.2 Å². The van der Waals surface area contributed by atoms with Gasteiger partial charge in [0.05, 0.1) is 23.5 Å². The molecular formula is C18H21ClN2O4S. The summed E-state index contributed by atoms with van der Waals surface area (Å²) in [6.45, 7) is 2.01. The maximum atomic E-state index is 12.1. The van der Waals surface area contributed by atoms with Crippen molar-refractivity contribution in [3.63, 3.8) is 0 Å². The zero-order chi connectivity index (χ0) is 19.2. The molecule has 0 fully saturated rings. The molecule has 0 unspecified atom stereocenters. The van der Waals surface area contributed by atoms with Gasteiger partial charge in [-0.05, 0) is 36.8 Å². The molecule has 0 atom stereocenters. The second-order valence-corrected chi connectivity index (χ2v) is 8.05. The fourth-order valence-corrected chi connectivity index (χ4v) is 3.32. The molecule has 0 saturated heterocycles. The monoisotopic (exact) mass is 396 g/mol. The van der Waals surface area contributed by atoms with Crippen LogP contribution >= 0.6 is 11.6 Å². The first kappa shape index (κ1) is 20.1. The highest BCUT2D eigenvalue weighted by Crippen LogP contribution is 2.22. The number of nitrogens with zero attached hydrogens (tertiary/aromatic N) is 1. The Bertz CT molecular complexity index is 871. The van der Waals surface area contributed by atoms with E-state index in [1.165, 1.54) is 0 Å². The Morgan fingerprint density at radius 1 is 1.19 bits per heavy atom. The molecule has 0 bridgehead atoms. The smallest absolute Gasteiger partial charge is 0.240 e. The van der Waals surface area contributed by atoms with Gasteiger partial charge < -0.3 is 10.1 Å². The summed E-state index contributed by atoms with van der Waals surface area (Å²) in [7, 11) is -3.59. The molecule has 8 heteroatoms. The van der Waals surface area contributed by atoms with E-state index in [0.29, 0.717) is 16.5 Å². The van der Waals surface area contributed by atoms with Gasteiger partial charge in [0.1, 0.15) is 18.9 Å². The number of ether oxygens (including phenoxy) is 1. The molecule has 2 aromatic carbocycles. The number of amides is 1. The number of hydrogen-bond acceptors (Lipinski definition) is 4. The fourth-order valence-electron chi connectivity index (χ4n) is 2.28. The van der Waals surface area contributed by atoms with E-state index in [-0.39, 0.29) is 19.7 Å². The first-order valence-corrected chi connectivity index (χ1v) is 10.2. The molecule has 6 nitrogen and oxygen atoms in total. The van der Waals surface area contributed by atoms with Crippen molar-refractivity contribution in [3.05, 3.63) is 59.1 Å². The molecule has 0 radical (unpaired) electrons. The summed E-state index contributed by atoms with van der Waals surface area (Å²) >= 11 is 5.98. The largest absolute Gasteiger partial charge is 0.490 e. The van der Waals surface area contributed by atoms with Gasteiger partial charge in [0.2, 0.25) is 15.9 Å². The van der Waals surface area contributed by atoms with Crippen LogP contribution in [0.5, 0.6) is 5.75 Å². The quantitative estimate of drug-likeness (QED) is 0.696. The molecule has 2 aromatic rings. The molecule has 0 aromatic heterocycles. The van der Waals surface area contributed by atoms with Crippen molar-refractivity contribution in [2.45, 2.75) is 6.92 Å². The van der Waals surface area contributed by atoms with Crippen molar-refractivity contribution in [1.29, 1.82) is 0 Å². The number of halogens is 1. The van der Waals surface area contributed by atoms with Crippen LogP contribution in [-0.2, 0) is 14.8 Å². The Kier molecular flexibility index (Phi) is 6.88.